The van der Waals surface area contributed by atoms with E-state index in [0.29, 0.717) is 0 Å². The molecule has 0 saturated carbocycles. The number of thiazole rings is 1. The summed E-state index contributed by atoms with van der Waals surface area (Å²) in [5, 5.41) is 5.84. The summed E-state index contributed by atoms with van der Waals surface area (Å²) in [6.45, 7) is 3.84. The molecule has 1 unspecified atom stereocenters. The van der Waals surface area contributed by atoms with Crippen molar-refractivity contribution in [3.8, 4) is 11.5 Å². The number of nitrogens with one attached hydrogen (secondary N) is 1. The molecule has 1 aromatic carbocycles. The monoisotopic (exact) mass is 320 g/mol. The molecule has 0 radical (unpaired) electrons. The van der Waals surface area contributed by atoms with Crippen LogP contribution in [-0.2, 0) is 11.2 Å². The number of carbonyl (C=O) groups is 1. The molecule has 6 heteroatoms. The molecule has 118 valence electrons. The molecule has 2 aromatic rings. The first kappa shape index (κ1) is 16.3. The van der Waals surface area contributed by atoms with Crippen LogP contribution in [0.4, 0.5) is 0 Å². The molecular weight excluding hydrogens is 300 g/mol. The Labute approximate surface area is 134 Å². The van der Waals surface area contributed by atoms with Crippen LogP contribution < -0.4 is 14.8 Å². The second-order valence-corrected chi connectivity index (χ2v) is 5.99. The van der Waals surface area contributed by atoms with Crippen molar-refractivity contribution in [2.75, 3.05) is 14.2 Å². The van der Waals surface area contributed by atoms with E-state index in [-0.39, 0.29) is 18.4 Å². The van der Waals surface area contributed by atoms with Gasteiger partial charge in [-0.05, 0) is 32.0 Å². The summed E-state index contributed by atoms with van der Waals surface area (Å²) in [6, 6.07) is 5.35. The first-order valence-corrected chi connectivity index (χ1v) is 7.83. The molecule has 0 fully saturated rings. The Hall–Kier alpha value is -2.08. The van der Waals surface area contributed by atoms with Gasteiger partial charge in [-0.3, -0.25) is 4.79 Å². The van der Waals surface area contributed by atoms with Crippen molar-refractivity contribution in [3.63, 3.8) is 0 Å². The van der Waals surface area contributed by atoms with Gasteiger partial charge in [0.1, 0.15) is 11.5 Å². The first-order chi connectivity index (χ1) is 10.5. The fraction of sp³-hybridized carbons (Fsp3) is 0.375. The predicted octanol–water partition coefficient (Wildman–Crippen LogP) is 2.89. The molecular formula is C16H20N2O3S. The van der Waals surface area contributed by atoms with Gasteiger partial charge >= 0.3 is 0 Å². The van der Waals surface area contributed by atoms with Crippen molar-refractivity contribution in [2.24, 2.45) is 0 Å². The normalized spacial score (nSPS) is 11.8. The maximum absolute atomic E-state index is 12.1. The van der Waals surface area contributed by atoms with E-state index in [1.165, 1.54) is 0 Å². The van der Waals surface area contributed by atoms with Gasteiger partial charge in [-0.1, -0.05) is 0 Å². The van der Waals surface area contributed by atoms with Gasteiger partial charge < -0.3 is 14.8 Å². The van der Waals surface area contributed by atoms with Gasteiger partial charge in [-0.2, -0.15) is 0 Å². The minimum Gasteiger partial charge on any atom is -0.497 e. The summed E-state index contributed by atoms with van der Waals surface area (Å²) < 4.78 is 10.6. The number of hydrogen-bond acceptors (Lipinski definition) is 5. The van der Waals surface area contributed by atoms with E-state index in [9.17, 15) is 4.79 Å². The number of methoxy groups -OCH3 is 2. The highest BCUT2D eigenvalue weighted by molar-refractivity contribution is 7.09. The molecule has 0 aliphatic heterocycles. The minimum atomic E-state index is -0.183. The van der Waals surface area contributed by atoms with Gasteiger partial charge in [0.25, 0.3) is 0 Å². The van der Waals surface area contributed by atoms with E-state index in [4.69, 9.17) is 9.47 Å². The molecule has 0 aliphatic rings. The zero-order valence-electron chi connectivity index (χ0n) is 13.2. The Balaban J connectivity index is 2.07. The molecule has 2 rings (SSSR count). The fourth-order valence-electron chi connectivity index (χ4n) is 2.20. The Morgan fingerprint density at radius 3 is 2.73 bits per heavy atom. The number of aryl methyl sites for hydroxylation is 1. The average Bonchev–Trinajstić information content (AvgIpc) is 2.91. The van der Waals surface area contributed by atoms with Gasteiger partial charge in [-0.25, -0.2) is 4.98 Å². The third-order valence-electron chi connectivity index (χ3n) is 3.29. The van der Waals surface area contributed by atoms with Crippen LogP contribution in [0, 0.1) is 6.92 Å². The number of aromatic nitrogens is 1. The van der Waals surface area contributed by atoms with Crippen molar-refractivity contribution >= 4 is 17.2 Å². The third-order valence-corrected chi connectivity index (χ3v) is 4.11. The van der Waals surface area contributed by atoms with Crippen molar-refractivity contribution in [2.45, 2.75) is 26.3 Å². The van der Waals surface area contributed by atoms with Gasteiger partial charge in [0.15, 0.2) is 0 Å². The quantitative estimate of drug-likeness (QED) is 0.889. The summed E-state index contributed by atoms with van der Waals surface area (Å²) in [6.07, 6.45) is 0.279. The van der Waals surface area contributed by atoms with E-state index in [2.05, 4.69) is 10.3 Å². The zero-order chi connectivity index (χ0) is 16.1. The third kappa shape index (κ3) is 3.98. The Bertz CT molecular complexity index is 655. The zero-order valence-corrected chi connectivity index (χ0v) is 14.0. The van der Waals surface area contributed by atoms with Crippen LogP contribution in [0.5, 0.6) is 11.5 Å². The number of rotatable bonds is 6. The van der Waals surface area contributed by atoms with Crippen LogP contribution in [-0.4, -0.2) is 25.1 Å². The largest absolute Gasteiger partial charge is 0.497 e. The maximum atomic E-state index is 12.1. The second-order valence-electron chi connectivity index (χ2n) is 4.93. The van der Waals surface area contributed by atoms with Crippen molar-refractivity contribution in [1.82, 2.24) is 10.3 Å². The minimum absolute atomic E-state index is 0.0670. The standard InChI is InChI=1S/C16H20N2O3S/c1-10(14-8-13(20-3)5-6-15(14)21-4)17-16(19)7-12-9-22-11(2)18-12/h5-6,8-10H,7H2,1-4H3,(H,17,19). The van der Waals surface area contributed by atoms with Crippen LogP contribution in [0.25, 0.3) is 0 Å². The van der Waals surface area contributed by atoms with Gasteiger partial charge in [-0.15, -0.1) is 11.3 Å². The maximum Gasteiger partial charge on any atom is 0.226 e. The molecule has 1 aromatic heterocycles. The van der Waals surface area contributed by atoms with Gasteiger partial charge in [0.2, 0.25) is 5.91 Å². The van der Waals surface area contributed by atoms with Crippen LogP contribution in [0.15, 0.2) is 23.6 Å². The Morgan fingerprint density at radius 1 is 1.36 bits per heavy atom. The van der Waals surface area contributed by atoms with E-state index in [0.717, 1.165) is 27.8 Å². The highest BCUT2D eigenvalue weighted by Gasteiger charge is 2.16. The van der Waals surface area contributed by atoms with E-state index in [1.54, 1.807) is 25.6 Å². The molecule has 0 bridgehead atoms. The number of hydrogen-bond donors (Lipinski definition) is 1. The number of benzene rings is 1. The lowest BCUT2D eigenvalue weighted by atomic mass is 10.1. The lowest BCUT2D eigenvalue weighted by molar-refractivity contribution is -0.121. The van der Waals surface area contributed by atoms with E-state index < -0.39 is 0 Å². The van der Waals surface area contributed by atoms with Crippen LogP contribution in [0.2, 0.25) is 0 Å². The van der Waals surface area contributed by atoms with Crippen molar-refractivity contribution < 1.29 is 14.3 Å². The molecule has 1 N–H and O–H groups in total. The molecule has 22 heavy (non-hydrogen) atoms. The summed E-state index contributed by atoms with van der Waals surface area (Å²) in [5.74, 6) is 1.38. The molecule has 1 atom stereocenters. The summed E-state index contributed by atoms with van der Waals surface area (Å²) in [7, 11) is 3.22. The Morgan fingerprint density at radius 2 is 2.14 bits per heavy atom. The first-order valence-electron chi connectivity index (χ1n) is 6.95. The molecule has 0 saturated heterocycles. The van der Waals surface area contributed by atoms with E-state index >= 15 is 0 Å². The SMILES string of the molecule is COc1ccc(OC)c(C(C)NC(=O)Cc2csc(C)n2)c1. The summed E-state index contributed by atoms with van der Waals surface area (Å²) in [5.41, 5.74) is 1.68. The lowest BCUT2D eigenvalue weighted by Gasteiger charge is -2.18. The summed E-state index contributed by atoms with van der Waals surface area (Å²) >= 11 is 1.55. The predicted molar refractivity (Wildman–Crippen MR) is 86.7 cm³/mol. The smallest absolute Gasteiger partial charge is 0.226 e. The number of carbonyl (C=O) groups excluding carboxylic acids is 1. The summed E-state index contributed by atoms with van der Waals surface area (Å²) in [4.78, 5) is 16.4. The van der Waals surface area contributed by atoms with Crippen LogP contribution in [0.1, 0.15) is 29.2 Å². The van der Waals surface area contributed by atoms with Crippen molar-refractivity contribution in [3.05, 3.63) is 39.8 Å². The number of nitrogens with zero attached hydrogens (tertiary/aromatic N) is 1. The van der Waals surface area contributed by atoms with Crippen LogP contribution >= 0.6 is 11.3 Å². The Kier molecular flexibility index (Phi) is 5.38. The van der Waals surface area contributed by atoms with Crippen LogP contribution in [0.3, 0.4) is 0 Å². The molecule has 1 amide bonds. The van der Waals surface area contributed by atoms with Gasteiger partial charge in [0.05, 0.1) is 37.4 Å². The fourth-order valence-corrected chi connectivity index (χ4v) is 2.81. The number of ether oxygens (including phenoxy) is 2. The molecule has 0 spiro atoms. The topological polar surface area (TPSA) is 60.5 Å². The molecule has 0 aliphatic carbocycles. The number of amides is 1. The van der Waals surface area contributed by atoms with Gasteiger partial charge in [0, 0.05) is 10.9 Å². The molecule has 5 nitrogen and oxygen atoms in total. The molecule has 1 heterocycles. The van der Waals surface area contributed by atoms with E-state index in [1.807, 2.05) is 37.4 Å². The lowest BCUT2D eigenvalue weighted by Crippen LogP contribution is -2.28. The highest BCUT2D eigenvalue weighted by atomic mass is 32.1. The highest BCUT2D eigenvalue weighted by Crippen LogP contribution is 2.29. The second kappa shape index (κ2) is 7.26. The van der Waals surface area contributed by atoms with Crippen molar-refractivity contribution in [1.29, 1.82) is 0 Å². The average molecular weight is 320 g/mol.